The molecule has 0 bridgehead atoms. The molecule has 0 aliphatic carbocycles. The highest BCUT2D eigenvalue weighted by molar-refractivity contribution is 5.78. The number of benzene rings is 1. The zero-order valence-corrected chi connectivity index (χ0v) is 15.6. The molecule has 1 aliphatic rings. The third-order valence-electron chi connectivity index (χ3n) is 4.77. The molecule has 0 spiro atoms. The van der Waals surface area contributed by atoms with Gasteiger partial charge in [-0.3, -0.25) is 9.69 Å². The number of nitrogens with one attached hydrogen (secondary N) is 1. The Morgan fingerprint density at radius 1 is 1.29 bits per heavy atom. The summed E-state index contributed by atoms with van der Waals surface area (Å²) in [5.74, 6) is 1.26. The molecule has 2 rings (SSSR count). The molecule has 1 aromatic rings. The van der Waals surface area contributed by atoms with Crippen LogP contribution in [0.1, 0.15) is 32.4 Å². The summed E-state index contributed by atoms with van der Waals surface area (Å²) in [7, 11) is 3.79. The number of methoxy groups -OCH3 is 1. The Morgan fingerprint density at radius 3 is 2.50 bits per heavy atom. The molecule has 2 atom stereocenters. The van der Waals surface area contributed by atoms with E-state index in [1.165, 1.54) is 0 Å². The smallest absolute Gasteiger partial charge is 0.234 e. The molecule has 1 N–H and O–H groups in total. The average Bonchev–Trinajstić information content (AvgIpc) is 2.55. The number of hydrogen-bond donors (Lipinski definition) is 1. The van der Waals surface area contributed by atoms with Gasteiger partial charge in [0.1, 0.15) is 5.75 Å². The Hall–Kier alpha value is -1.59. The van der Waals surface area contributed by atoms with Crippen LogP contribution in [-0.4, -0.2) is 62.1 Å². The molecule has 0 saturated carbocycles. The van der Waals surface area contributed by atoms with E-state index < -0.39 is 0 Å². The van der Waals surface area contributed by atoms with Crippen molar-refractivity contribution in [1.29, 1.82) is 0 Å². The van der Waals surface area contributed by atoms with Crippen LogP contribution in [0.15, 0.2) is 24.3 Å². The summed E-state index contributed by atoms with van der Waals surface area (Å²) >= 11 is 0. The molecule has 1 amide bonds. The van der Waals surface area contributed by atoms with Crippen molar-refractivity contribution in [1.82, 2.24) is 15.1 Å². The maximum Gasteiger partial charge on any atom is 0.234 e. The SMILES string of the molecule is COc1ccc([C@@H](NC(=O)CN2CCN(C)C[C@@H]2C)C(C)C)cc1. The Labute approximate surface area is 146 Å². The maximum atomic E-state index is 12.6. The standard InChI is InChI=1S/C19H31N3O2/c1-14(2)19(16-6-8-17(24-5)9-7-16)20-18(23)13-22-11-10-21(4)12-15(22)3/h6-9,14-15,19H,10-13H2,1-5H3,(H,20,23)/t15-,19-/m0/s1. The zero-order valence-electron chi connectivity index (χ0n) is 15.6. The van der Waals surface area contributed by atoms with Crippen molar-refractivity contribution < 1.29 is 9.53 Å². The van der Waals surface area contributed by atoms with E-state index in [0.29, 0.717) is 18.5 Å². The van der Waals surface area contributed by atoms with E-state index in [9.17, 15) is 4.79 Å². The summed E-state index contributed by atoms with van der Waals surface area (Å²) in [4.78, 5) is 17.1. The van der Waals surface area contributed by atoms with Crippen LogP contribution < -0.4 is 10.1 Å². The van der Waals surface area contributed by atoms with Crippen molar-refractivity contribution in [3.8, 4) is 5.75 Å². The van der Waals surface area contributed by atoms with E-state index in [-0.39, 0.29) is 11.9 Å². The fourth-order valence-electron chi connectivity index (χ4n) is 3.26. The van der Waals surface area contributed by atoms with Crippen molar-refractivity contribution in [2.24, 2.45) is 5.92 Å². The third-order valence-corrected chi connectivity index (χ3v) is 4.77. The second-order valence-electron chi connectivity index (χ2n) is 7.14. The molecule has 1 aliphatic heterocycles. The third kappa shape index (κ3) is 4.95. The number of nitrogens with zero attached hydrogens (tertiary/aromatic N) is 2. The van der Waals surface area contributed by atoms with E-state index in [2.05, 4.69) is 42.9 Å². The van der Waals surface area contributed by atoms with Gasteiger partial charge in [0.25, 0.3) is 0 Å². The molecule has 1 heterocycles. The Morgan fingerprint density at radius 2 is 1.96 bits per heavy atom. The Bertz CT molecular complexity index is 530. The fourth-order valence-corrected chi connectivity index (χ4v) is 3.26. The molecule has 0 aromatic heterocycles. The van der Waals surface area contributed by atoms with Crippen molar-refractivity contribution in [3.63, 3.8) is 0 Å². The minimum atomic E-state index is 0.0196. The fraction of sp³-hybridized carbons (Fsp3) is 0.632. The number of piperazine rings is 1. The van der Waals surface area contributed by atoms with Gasteiger partial charge in [0, 0.05) is 25.7 Å². The summed E-state index contributed by atoms with van der Waals surface area (Å²) in [6.07, 6.45) is 0. The monoisotopic (exact) mass is 333 g/mol. The molecule has 24 heavy (non-hydrogen) atoms. The van der Waals surface area contributed by atoms with Gasteiger partial charge in [-0.05, 0) is 37.6 Å². The zero-order chi connectivity index (χ0) is 17.7. The molecule has 0 radical (unpaired) electrons. The predicted octanol–water partition coefficient (Wildman–Crippen LogP) is 2.14. The van der Waals surface area contributed by atoms with Gasteiger partial charge >= 0.3 is 0 Å². The first-order valence-electron chi connectivity index (χ1n) is 8.76. The summed E-state index contributed by atoms with van der Waals surface area (Å²) in [6, 6.07) is 8.38. The Kier molecular flexibility index (Phi) is 6.63. The maximum absolute atomic E-state index is 12.6. The lowest BCUT2D eigenvalue weighted by molar-refractivity contribution is -0.124. The summed E-state index contributed by atoms with van der Waals surface area (Å²) in [6.45, 7) is 9.89. The van der Waals surface area contributed by atoms with Gasteiger partial charge < -0.3 is 15.0 Å². The molecular weight excluding hydrogens is 302 g/mol. The minimum Gasteiger partial charge on any atom is -0.497 e. The highest BCUT2D eigenvalue weighted by Crippen LogP contribution is 2.24. The lowest BCUT2D eigenvalue weighted by atomic mass is 9.96. The summed E-state index contributed by atoms with van der Waals surface area (Å²) in [5, 5.41) is 3.21. The Balaban J connectivity index is 1.98. The van der Waals surface area contributed by atoms with Gasteiger partial charge in [-0.1, -0.05) is 26.0 Å². The van der Waals surface area contributed by atoms with E-state index >= 15 is 0 Å². The predicted molar refractivity (Wildman–Crippen MR) is 97.2 cm³/mol. The number of likely N-dealkylation sites (N-methyl/N-ethyl adjacent to an activating group) is 1. The summed E-state index contributed by atoms with van der Waals surface area (Å²) < 4.78 is 5.21. The molecule has 1 fully saturated rings. The minimum absolute atomic E-state index is 0.0196. The highest BCUT2D eigenvalue weighted by atomic mass is 16.5. The van der Waals surface area contributed by atoms with Crippen molar-refractivity contribution in [2.45, 2.75) is 32.9 Å². The quantitative estimate of drug-likeness (QED) is 0.866. The first-order valence-corrected chi connectivity index (χ1v) is 8.76. The van der Waals surface area contributed by atoms with Crippen LogP contribution in [0.25, 0.3) is 0 Å². The van der Waals surface area contributed by atoms with Crippen molar-refractivity contribution in [3.05, 3.63) is 29.8 Å². The van der Waals surface area contributed by atoms with Crippen LogP contribution in [0.2, 0.25) is 0 Å². The van der Waals surface area contributed by atoms with Crippen LogP contribution >= 0.6 is 0 Å². The molecule has 0 unspecified atom stereocenters. The number of carbonyl (C=O) groups is 1. The van der Waals surface area contributed by atoms with Gasteiger partial charge in [0.05, 0.1) is 19.7 Å². The van der Waals surface area contributed by atoms with E-state index in [1.54, 1.807) is 7.11 Å². The number of hydrogen-bond acceptors (Lipinski definition) is 4. The molecule has 134 valence electrons. The van der Waals surface area contributed by atoms with Crippen molar-refractivity contribution in [2.75, 3.05) is 40.3 Å². The van der Waals surface area contributed by atoms with Gasteiger partial charge in [0.2, 0.25) is 5.91 Å². The van der Waals surface area contributed by atoms with Crippen LogP contribution in [-0.2, 0) is 4.79 Å². The first kappa shape index (κ1) is 18.7. The van der Waals surface area contributed by atoms with E-state index in [1.807, 2.05) is 24.3 Å². The number of rotatable bonds is 6. The van der Waals surface area contributed by atoms with Crippen LogP contribution in [0, 0.1) is 5.92 Å². The number of amides is 1. The van der Waals surface area contributed by atoms with Crippen LogP contribution in [0.3, 0.4) is 0 Å². The van der Waals surface area contributed by atoms with Crippen LogP contribution in [0.5, 0.6) is 5.75 Å². The van der Waals surface area contributed by atoms with E-state index in [4.69, 9.17) is 4.74 Å². The highest BCUT2D eigenvalue weighted by Gasteiger charge is 2.25. The largest absolute Gasteiger partial charge is 0.497 e. The number of carbonyl (C=O) groups excluding carboxylic acids is 1. The van der Waals surface area contributed by atoms with Gasteiger partial charge in [0.15, 0.2) is 0 Å². The molecule has 1 aromatic carbocycles. The average molecular weight is 333 g/mol. The first-order chi connectivity index (χ1) is 11.4. The van der Waals surface area contributed by atoms with Crippen molar-refractivity contribution >= 4 is 5.91 Å². The summed E-state index contributed by atoms with van der Waals surface area (Å²) in [5.41, 5.74) is 1.12. The second kappa shape index (κ2) is 8.49. The topological polar surface area (TPSA) is 44.8 Å². The second-order valence-corrected chi connectivity index (χ2v) is 7.14. The van der Waals surface area contributed by atoms with Gasteiger partial charge in [-0.25, -0.2) is 0 Å². The normalized spacial score (nSPS) is 20.8. The number of ether oxygens (including phenoxy) is 1. The van der Waals surface area contributed by atoms with Gasteiger partial charge in [-0.2, -0.15) is 0 Å². The van der Waals surface area contributed by atoms with Gasteiger partial charge in [-0.15, -0.1) is 0 Å². The van der Waals surface area contributed by atoms with E-state index in [0.717, 1.165) is 30.9 Å². The lowest BCUT2D eigenvalue weighted by Gasteiger charge is -2.38. The lowest BCUT2D eigenvalue weighted by Crippen LogP contribution is -2.53. The molecule has 1 saturated heterocycles. The molecular formula is C19H31N3O2. The van der Waals surface area contributed by atoms with Crippen LogP contribution in [0.4, 0.5) is 0 Å². The molecule has 5 nitrogen and oxygen atoms in total. The molecule has 5 heteroatoms.